The first-order valence-corrected chi connectivity index (χ1v) is 5.03. The van der Waals surface area contributed by atoms with Crippen molar-refractivity contribution in [3.63, 3.8) is 0 Å². The van der Waals surface area contributed by atoms with E-state index in [0.717, 1.165) is 22.4 Å². The molecule has 0 radical (unpaired) electrons. The van der Waals surface area contributed by atoms with Crippen LogP contribution in [-0.4, -0.2) is 17.7 Å². The Labute approximate surface area is 88.7 Å². The van der Waals surface area contributed by atoms with E-state index in [9.17, 15) is 4.79 Å². The number of rotatable bonds is 2. The van der Waals surface area contributed by atoms with Crippen LogP contribution in [0.15, 0.2) is 12.1 Å². The molecule has 80 valence electrons. The number of benzene rings is 1. The fourth-order valence-corrected chi connectivity index (χ4v) is 2.23. The van der Waals surface area contributed by atoms with Gasteiger partial charge in [0.15, 0.2) is 0 Å². The molecule has 0 unspecified atom stereocenters. The number of aryl methyl sites for hydroxylation is 2. The molecule has 1 atom stereocenters. The lowest BCUT2D eigenvalue weighted by Gasteiger charge is -2.09. The monoisotopic (exact) mass is 206 g/mol. The van der Waals surface area contributed by atoms with Crippen LogP contribution in [0.3, 0.4) is 0 Å². The Morgan fingerprint density at radius 3 is 2.93 bits per heavy atom. The first kappa shape index (κ1) is 10.0. The second kappa shape index (κ2) is 3.57. The molecule has 0 saturated heterocycles. The highest BCUT2D eigenvalue weighted by Crippen LogP contribution is 2.38. The number of carboxylic acid groups (broad SMARTS) is 1. The Kier molecular flexibility index (Phi) is 2.39. The molecule has 3 heteroatoms. The van der Waals surface area contributed by atoms with Crippen molar-refractivity contribution in [2.45, 2.75) is 26.2 Å². The van der Waals surface area contributed by atoms with E-state index in [1.165, 1.54) is 0 Å². The Morgan fingerprint density at radius 1 is 1.53 bits per heavy atom. The van der Waals surface area contributed by atoms with Crippen LogP contribution < -0.4 is 4.74 Å². The van der Waals surface area contributed by atoms with Crippen LogP contribution in [-0.2, 0) is 4.79 Å². The van der Waals surface area contributed by atoms with Crippen molar-refractivity contribution in [3.8, 4) is 5.75 Å². The summed E-state index contributed by atoms with van der Waals surface area (Å²) in [6, 6.07) is 4.05. The molecule has 0 spiro atoms. The van der Waals surface area contributed by atoms with E-state index in [0.29, 0.717) is 6.61 Å². The Hall–Kier alpha value is -1.51. The van der Waals surface area contributed by atoms with Crippen molar-refractivity contribution in [3.05, 3.63) is 28.8 Å². The molecule has 2 rings (SSSR count). The summed E-state index contributed by atoms with van der Waals surface area (Å²) >= 11 is 0. The summed E-state index contributed by atoms with van der Waals surface area (Å²) in [7, 11) is 0. The molecule has 1 heterocycles. The Bertz CT molecular complexity index is 410. The van der Waals surface area contributed by atoms with Gasteiger partial charge in [0.2, 0.25) is 0 Å². The summed E-state index contributed by atoms with van der Waals surface area (Å²) in [4.78, 5) is 10.7. The molecular formula is C12H14O3. The third kappa shape index (κ3) is 1.82. The maximum atomic E-state index is 10.7. The van der Waals surface area contributed by atoms with Crippen molar-refractivity contribution in [2.24, 2.45) is 0 Å². The molecule has 1 aromatic carbocycles. The highest BCUT2D eigenvalue weighted by atomic mass is 16.5. The van der Waals surface area contributed by atoms with Gasteiger partial charge in [0.1, 0.15) is 5.75 Å². The van der Waals surface area contributed by atoms with Gasteiger partial charge >= 0.3 is 5.97 Å². The number of aliphatic carboxylic acids is 1. The zero-order valence-corrected chi connectivity index (χ0v) is 8.91. The van der Waals surface area contributed by atoms with Crippen LogP contribution in [0.1, 0.15) is 29.0 Å². The third-order valence-corrected chi connectivity index (χ3v) is 2.76. The molecule has 0 aromatic heterocycles. The molecule has 1 aromatic rings. The third-order valence-electron chi connectivity index (χ3n) is 2.76. The fraction of sp³-hybridized carbons (Fsp3) is 0.417. The minimum atomic E-state index is -0.767. The van der Waals surface area contributed by atoms with Gasteiger partial charge in [-0.2, -0.15) is 0 Å². The number of carbonyl (C=O) groups is 1. The standard InChI is InChI=1S/C12H14O3/c1-7-3-8(2)12-9(5-11(13)14)6-15-10(12)4-7/h3-4,9H,5-6H2,1-2H3,(H,13,14)/t9-/m1/s1. The molecule has 1 aliphatic rings. The number of fused-ring (bicyclic) bond motifs is 1. The van der Waals surface area contributed by atoms with Crippen LogP contribution in [0.25, 0.3) is 0 Å². The summed E-state index contributed by atoms with van der Waals surface area (Å²) in [6.07, 6.45) is 0.150. The van der Waals surface area contributed by atoms with Crippen LogP contribution in [0.5, 0.6) is 5.75 Å². The fourth-order valence-electron chi connectivity index (χ4n) is 2.23. The van der Waals surface area contributed by atoms with E-state index >= 15 is 0 Å². The van der Waals surface area contributed by atoms with Gasteiger partial charge in [0.05, 0.1) is 13.0 Å². The summed E-state index contributed by atoms with van der Waals surface area (Å²) in [5, 5.41) is 8.79. The highest BCUT2D eigenvalue weighted by molar-refractivity contribution is 5.69. The van der Waals surface area contributed by atoms with Gasteiger partial charge in [-0.1, -0.05) is 6.07 Å². The molecule has 0 bridgehead atoms. The van der Waals surface area contributed by atoms with Gasteiger partial charge in [-0.15, -0.1) is 0 Å². The zero-order chi connectivity index (χ0) is 11.0. The Morgan fingerprint density at radius 2 is 2.27 bits per heavy atom. The van der Waals surface area contributed by atoms with Crippen LogP contribution >= 0.6 is 0 Å². The van der Waals surface area contributed by atoms with E-state index in [2.05, 4.69) is 6.07 Å². The van der Waals surface area contributed by atoms with Crippen LogP contribution in [0.4, 0.5) is 0 Å². The number of ether oxygens (including phenoxy) is 1. The minimum absolute atomic E-state index is 0.0121. The van der Waals surface area contributed by atoms with E-state index in [1.807, 2.05) is 19.9 Å². The van der Waals surface area contributed by atoms with E-state index in [1.54, 1.807) is 0 Å². The second-order valence-corrected chi connectivity index (χ2v) is 4.10. The minimum Gasteiger partial charge on any atom is -0.493 e. The average molecular weight is 206 g/mol. The first-order chi connectivity index (χ1) is 7.08. The van der Waals surface area contributed by atoms with Gasteiger partial charge in [-0.25, -0.2) is 0 Å². The molecule has 0 saturated carbocycles. The van der Waals surface area contributed by atoms with E-state index in [-0.39, 0.29) is 12.3 Å². The number of carboxylic acids is 1. The topological polar surface area (TPSA) is 46.5 Å². The van der Waals surface area contributed by atoms with Crippen molar-refractivity contribution < 1.29 is 14.6 Å². The maximum Gasteiger partial charge on any atom is 0.304 e. The zero-order valence-electron chi connectivity index (χ0n) is 8.91. The van der Waals surface area contributed by atoms with Crippen molar-refractivity contribution >= 4 is 5.97 Å². The van der Waals surface area contributed by atoms with Gasteiger partial charge < -0.3 is 9.84 Å². The summed E-state index contributed by atoms with van der Waals surface area (Å²) in [6.45, 7) is 4.52. The number of hydrogen-bond donors (Lipinski definition) is 1. The SMILES string of the molecule is Cc1cc(C)c2c(c1)OC[C@H]2CC(=O)O. The first-order valence-electron chi connectivity index (χ1n) is 5.03. The van der Waals surface area contributed by atoms with Crippen molar-refractivity contribution in [1.29, 1.82) is 0 Å². The maximum absolute atomic E-state index is 10.7. The summed E-state index contributed by atoms with van der Waals surface area (Å²) in [5.41, 5.74) is 3.36. The molecule has 0 fully saturated rings. The lowest BCUT2D eigenvalue weighted by Crippen LogP contribution is -2.08. The normalized spacial score (nSPS) is 18.4. The molecule has 1 N–H and O–H groups in total. The van der Waals surface area contributed by atoms with Gasteiger partial charge in [-0.05, 0) is 31.0 Å². The quantitative estimate of drug-likeness (QED) is 0.807. The number of hydrogen-bond acceptors (Lipinski definition) is 2. The molecule has 1 aliphatic heterocycles. The Balaban J connectivity index is 2.37. The van der Waals surface area contributed by atoms with Gasteiger partial charge in [0, 0.05) is 11.5 Å². The summed E-state index contributed by atoms with van der Waals surface area (Å²) in [5.74, 6) is 0.105. The van der Waals surface area contributed by atoms with Crippen LogP contribution in [0.2, 0.25) is 0 Å². The molecule has 0 amide bonds. The largest absolute Gasteiger partial charge is 0.493 e. The van der Waals surface area contributed by atoms with Gasteiger partial charge in [-0.3, -0.25) is 4.79 Å². The smallest absolute Gasteiger partial charge is 0.304 e. The molecule has 15 heavy (non-hydrogen) atoms. The molecule has 3 nitrogen and oxygen atoms in total. The summed E-state index contributed by atoms with van der Waals surface area (Å²) < 4.78 is 5.51. The van der Waals surface area contributed by atoms with E-state index < -0.39 is 5.97 Å². The van der Waals surface area contributed by atoms with Crippen molar-refractivity contribution in [2.75, 3.05) is 6.61 Å². The predicted octanol–water partition coefficient (Wildman–Crippen LogP) is 2.25. The molecule has 0 aliphatic carbocycles. The lowest BCUT2D eigenvalue weighted by molar-refractivity contribution is -0.137. The second-order valence-electron chi connectivity index (χ2n) is 4.10. The predicted molar refractivity (Wildman–Crippen MR) is 56.4 cm³/mol. The van der Waals surface area contributed by atoms with Crippen molar-refractivity contribution in [1.82, 2.24) is 0 Å². The van der Waals surface area contributed by atoms with Crippen LogP contribution in [0, 0.1) is 13.8 Å². The van der Waals surface area contributed by atoms with Gasteiger partial charge in [0.25, 0.3) is 0 Å². The lowest BCUT2D eigenvalue weighted by atomic mass is 9.93. The highest BCUT2D eigenvalue weighted by Gasteiger charge is 2.27. The average Bonchev–Trinajstić information content (AvgIpc) is 2.46. The van der Waals surface area contributed by atoms with E-state index in [4.69, 9.17) is 9.84 Å². The molecular weight excluding hydrogens is 192 g/mol.